The van der Waals surface area contributed by atoms with Gasteiger partial charge in [0.1, 0.15) is 0 Å². The van der Waals surface area contributed by atoms with Crippen molar-refractivity contribution in [1.82, 2.24) is 4.90 Å². The van der Waals surface area contributed by atoms with Gasteiger partial charge in [0, 0.05) is 31.9 Å². The highest BCUT2D eigenvalue weighted by Crippen LogP contribution is 2.18. The van der Waals surface area contributed by atoms with Gasteiger partial charge in [-0.25, -0.2) is 0 Å². The first-order valence-electron chi connectivity index (χ1n) is 7.02. The minimum absolute atomic E-state index is 0.804. The predicted molar refractivity (Wildman–Crippen MR) is 78.1 cm³/mol. The zero-order valence-electron chi connectivity index (χ0n) is 11.4. The monoisotopic (exact) mass is 247 g/mol. The standard InChI is InChI=1S/C15H25N3/c1-17-9-11-18(12-10-17)15-7-4-6-14(13-15)5-2-3-8-16/h4,6-7,13H,2-3,5,8-12,16H2,1H3. The zero-order chi connectivity index (χ0) is 12.8. The van der Waals surface area contributed by atoms with E-state index in [1.807, 2.05) is 0 Å². The van der Waals surface area contributed by atoms with Crippen LogP contribution in [0.1, 0.15) is 18.4 Å². The van der Waals surface area contributed by atoms with E-state index in [1.54, 1.807) is 0 Å². The van der Waals surface area contributed by atoms with Crippen LogP contribution in [0.25, 0.3) is 0 Å². The normalized spacial score (nSPS) is 17.1. The van der Waals surface area contributed by atoms with Crippen LogP contribution in [0, 0.1) is 0 Å². The maximum Gasteiger partial charge on any atom is 0.0369 e. The smallest absolute Gasteiger partial charge is 0.0369 e. The van der Waals surface area contributed by atoms with Crippen LogP contribution in [0.2, 0.25) is 0 Å². The van der Waals surface area contributed by atoms with Crippen molar-refractivity contribution in [3.8, 4) is 0 Å². The van der Waals surface area contributed by atoms with E-state index < -0.39 is 0 Å². The van der Waals surface area contributed by atoms with Crippen LogP contribution < -0.4 is 10.6 Å². The molecule has 1 fully saturated rings. The Hall–Kier alpha value is -1.06. The van der Waals surface area contributed by atoms with Crippen molar-refractivity contribution in [2.45, 2.75) is 19.3 Å². The van der Waals surface area contributed by atoms with Crippen LogP contribution >= 0.6 is 0 Å². The molecule has 1 aliphatic heterocycles. The Balaban J connectivity index is 1.94. The number of benzene rings is 1. The lowest BCUT2D eigenvalue weighted by molar-refractivity contribution is 0.313. The van der Waals surface area contributed by atoms with Crippen LogP contribution in [-0.2, 0) is 6.42 Å². The third kappa shape index (κ3) is 3.72. The van der Waals surface area contributed by atoms with Crippen molar-refractivity contribution in [1.29, 1.82) is 0 Å². The fraction of sp³-hybridized carbons (Fsp3) is 0.600. The Labute approximate surface area is 111 Å². The number of hydrogen-bond acceptors (Lipinski definition) is 3. The van der Waals surface area contributed by atoms with Crippen LogP contribution in [0.3, 0.4) is 0 Å². The van der Waals surface area contributed by atoms with E-state index in [4.69, 9.17) is 5.73 Å². The van der Waals surface area contributed by atoms with Gasteiger partial charge in [0.25, 0.3) is 0 Å². The van der Waals surface area contributed by atoms with Crippen molar-refractivity contribution < 1.29 is 0 Å². The molecule has 0 aromatic heterocycles. The summed E-state index contributed by atoms with van der Waals surface area (Å²) in [4.78, 5) is 4.88. The summed E-state index contributed by atoms with van der Waals surface area (Å²) < 4.78 is 0. The molecule has 1 aliphatic rings. The number of nitrogens with zero attached hydrogens (tertiary/aromatic N) is 2. The number of nitrogens with two attached hydrogens (primary N) is 1. The number of unbranched alkanes of at least 4 members (excludes halogenated alkanes) is 1. The molecule has 0 spiro atoms. The van der Waals surface area contributed by atoms with Crippen molar-refractivity contribution in [3.63, 3.8) is 0 Å². The van der Waals surface area contributed by atoms with E-state index in [-0.39, 0.29) is 0 Å². The summed E-state index contributed by atoms with van der Waals surface area (Å²) in [7, 11) is 2.20. The fourth-order valence-electron chi connectivity index (χ4n) is 2.45. The van der Waals surface area contributed by atoms with Gasteiger partial charge < -0.3 is 15.5 Å². The first-order chi connectivity index (χ1) is 8.79. The summed E-state index contributed by atoms with van der Waals surface area (Å²) >= 11 is 0. The largest absolute Gasteiger partial charge is 0.369 e. The van der Waals surface area contributed by atoms with Gasteiger partial charge in [0.05, 0.1) is 0 Å². The molecule has 0 aliphatic carbocycles. The van der Waals surface area contributed by atoms with Crippen LogP contribution in [0.15, 0.2) is 24.3 Å². The molecule has 3 nitrogen and oxygen atoms in total. The number of piperazine rings is 1. The second kappa shape index (κ2) is 6.76. The highest BCUT2D eigenvalue weighted by Gasteiger charge is 2.14. The molecule has 1 saturated heterocycles. The lowest BCUT2D eigenvalue weighted by Crippen LogP contribution is -2.44. The summed E-state index contributed by atoms with van der Waals surface area (Å²) in [5, 5.41) is 0. The minimum Gasteiger partial charge on any atom is -0.369 e. The zero-order valence-corrected chi connectivity index (χ0v) is 11.4. The van der Waals surface area contributed by atoms with E-state index in [0.717, 1.165) is 45.6 Å². The molecular weight excluding hydrogens is 222 g/mol. The van der Waals surface area contributed by atoms with E-state index in [0.29, 0.717) is 0 Å². The SMILES string of the molecule is CN1CCN(c2cccc(CCCCN)c2)CC1. The highest BCUT2D eigenvalue weighted by molar-refractivity contribution is 5.49. The van der Waals surface area contributed by atoms with E-state index in [9.17, 15) is 0 Å². The van der Waals surface area contributed by atoms with Gasteiger partial charge in [0.15, 0.2) is 0 Å². The molecule has 0 atom stereocenters. The maximum absolute atomic E-state index is 5.54. The third-order valence-corrected chi connectivity index (χ3v) is 3.70. The molecule has 0 saturated carbocycles. The summed E-state index contributed by atoms with van der Waals surface area (Å²) in [5.74, 6) is 0. The van der Waals surface area contributed by atoms with Gasteiger partial charge in [-0.05, 0) is 50.6 Å². The molecule has 18 heavy (non-hydrogen) atoms. The summed E-state index contributed by atoms with van der Waals surface area (Å²) in [5.41, 5.74) is 8.37. The molecule has 3 heteroatoms. The van der Waals surface area contributed by atoms with Crippen molar-refractivity contribution in [2.75, 3.05) is 44.7 Å². The van der Waals surface area contributed by atoms with Gasteiger partial charge in [-0.1, -0.05) is 12.1 Å². The Bertz CT molecular complexity index is 357. The van der Waals surface area contributed by atoms with Crippen molar-refractivity contribution in [2.24, 2.45) is 5.73 Å². The van der Waals surface area contributed by atoms with Gasteiger partial charge >= 0.3 is 0 Å². The van der Waals surface area contributed by atoms with Crippen molar-refractivity contribution in [3.05, 3.63) is 29.8 Å². The summed E-state index contributed by atoms with van der Waals surface area (Å²) in [6, 6.07) is 9.00. The van der Waals surface area contributed by atoms with Crippen LogP contribution in [0.4, 0.5) is 5.69 Å². The van der Waals surface area contributed by atoms with Gasteiger partial charge in [-0.3, -0.25) is 0 Å². The maximum atomic E-state index is 5.54. The number of likely N-dealkylation sites (N-methyl/N-ethyl adjacent to an activating group) is 1. The second-order valence-corrected chi connectivity index (χ2v) is 5.21. The average molecular weight is 247 g/mol. The fourth-order valence-corrected chi connectivity index (χ4v) is 2.45. The Morgan fingerprint density at radius 3 is 2.61 bits per heavy atom. The van der Waals surface area contributed by atoms with Gasteiger partial charge in [-0.15, -0.1) is 0 Å². The topological polar surface area (TPSA) is 32.5 Å². The Morgan fingerprint density at radius 1 is 1.11 bits per heavy atom. The number of anilines is 1. The van der Waals surface area contributed by atoms with E-state index in [1.165, 1.54) is 17.7 Å². The molecule has 2 rings (SSSR count). The molecule has 1 aromatic rings. The molecule has 0 bridgehead atoms. The van der Waals surface area contributed by atoms with Crippen molar-refractivity contribution >= 4 is 5.69 Å². The van der Waals surface area contributed by atoms with Crippen LogP contribution in [0.5, 0.6) is 0 Å². The van der Waals surface area contributed by atoms with Gasteiger partial charge in [0.2, 0.25) is 0 Å². The summed E-state index contributed by atoms with van der Waals surface area (Å²) in [6.07, 6.45) is 3.47. The van der Waals surface area contributed by atoms with Crippen LogP contribution in [-0.4, -0.2) is 44.7 Å². The number of rotatable bonds is 5. The Morgan fingerprint density at radius 2 is 1.89 bits per heavy atom. The molecule has 1 aromatic carbocycles. The van der Waals surface area contributed by atoms with Gasteiger partial charge in [-0.2, -0.15) is 0 Å². The quantitative estimate of drug-likeness (QED) is 0.804. The lowest BCUT2D eigenvalue weighted by Gasteiger charge is -2.34. The molecule has 100 valence electrons. The first-order valence-corrected chi connectivity index (χ1v) is 7.02. The number of hydrogen-bond donors (Lipinski definition) is 1. The van der Waals surface area contributed by atoms with E-state index in [2.05, 4.69) is 41.1 Å². The Kier molecular flexibility index (Phi) is 5.02. The van der Waals surface area contributed by atoms with E-state index >= 15 is 0 Å². The second-order valence-electron chi connectivity index (χ2n) is 5.21. The molecule has 0 radical (unpaired) electrons. The molecule has 2 N–H and O–H groups in total. The molecule has 1 heterocycles. The third-order valence-electron chi connectivity index (χ3n) is 3.70. The molecule has 0 unspecified atom stereocenters. The lowest BCUT2D eigenvalue weighted by atomic mass is 10.1. The number of aryl methyl sites for hydroxylation is 1. The average Bonchev–Trinajstić information content (AvgIpc) is 2.40. The predicted octanol–water partition coefficient (Wildman–Crippen LogP) is 1.72. The molecular formula is C15H25N3. The molecule has 0 amide bonds. The first kappa shape index (κ1) is 13.4. The summed E-state index contributed by atoms with van der Waals surface area (Å²) in [6.45, 7) is 5.42. The minimum atomic E-state index is 0.804. The highest BCUT2D eigenvalue weighted by atomic mass is 15.2.